The molecule has 0 fully saturated rings. The molecule has 2 heteroatoms. The molecule has 0 radical (unpaired) electrons. The highest BCUT2D eigenvalue weighted by atomic mass is 16.5. The van der Waals surface area contributed by atoms with E-state index >= 15 is 0 Å². The lowest BCUT2D eigenvalue weighted by Crippen LogP contribution is -2.19. The first-order valence-corrected chi connectivity index (χ1v) is 6.95. The number of benzene rings is 2. The second kappa shape index (κ2) is 6.28. The average Bonchev–Trinajstić information content (AvgIpc) is 2.47. The third kappa shape index (κ3) is 3.97. The van der Waals surface area contributed by atoms with Crippen molar-refractivity contribution in [3.8, 4) is 6.07 Å². The monoisotopic (exact) mass is 277 g/mol. The normalized spacial score (nSPS) is 10.6. The second-order valence-corrected chi connectivity index (χ2v) is 5.76. The molecule has 0 aliphatic heterocycles. The van der Waals surface area contributed by atoms with Gasteiger partial charge in [-0.2, -0.15) is 5.26 Å². The van der Waals surface area contributed by atoms with Gasteiger partial charge in [0.2, 0.25) is 5.76 Å². The molecule has 0 aliphatic rings. The summed E-state index contributed by atoms with van der Waals surface area (Å²) in [7, 11) is 0. The second-order valence-electron chi connectivity index (χ2n) is 5.76. The van der Waals surface area contributed by atoms with Crippen LogP contribution >= 0.6 is 0 Å². The molecule has 0 bridgehead atoms. The third-order valence-electron chi connectivity index (χ3n) is 2.86. The van der Waals surface area contributed by atoms with Crippen LogP contribution in [0.5, 0.6) is 0 Å². The van der Waals surface area contributed by atoms with Gasteiger partial charge < -0.3 is 4.74 Å². The molecule has 0 saturated heterocycles. The summed E-state index contributed by atoms with van der Waals surface area (Å²) < 4.78 is 5.88. The van der Waals surface area contributed by atoms with Crippen LogP contribution in [-0.2, 0) is 4.74 Å². The Bertz CT molecular complexity index is 617. The van der Waals surface area contributed by atoms with E-state index in [1.807, 2.05) is 81.4 Å². The number of nitrogens with zero attached hydrogens (tertiary/aromatic N) is 1. The summed E-state index contributed by atoms with van der Waals surface area (Å²) >= 11 is 0. The minimum atomic E-state index is -0.417. The Balaban J connectivity index is 2.63. The zero-order chi connectivity index (χ0) is 15.3. The number of allylic oxidation sites excluding steroid dienone is 1. The van der Waals surface area contributed by atoms with E-state index < -0.39 is 5.60 Å². The Labute approximate surface area is 126 Å². The zero-order valence-electron chi connectivity index (χ0n) is 12.6. The van der Waals surface area contributed by atoms with Gasteiger partial charge >= 0.3 is 0 Å². The summed E-state index contributed by atoms with van der Waals surface area (Å²) in [5.74, 6) is 0.347. The maximum absolute atomic E-state index is 9.55. The molecule has 21 heavy (non-hydrogen) atoms. The van der Waals surface area contributed by atoms with Gasteiger partial charge in [-0.3, -0.25) is 0 Å². The van der Waals surface area contributed by atoms with Crippen molar-refractivity contribution in [1.29, 1.82) is 5.26 Å². The third-order valence-corrected chi connectivity index (χ3v) is 2.86. The lowest BCUT2D eigenvalue weighted by molar-refractivity contribution is 0.0628. The van der Waals surface area contributed by atoms with Crippen LogP contribution in [0.15, 0.2) is 66.4 Å². The van der Waals surface area contributed by atoms with Crippen LogP contribution in [0.1, 0.15) is 31.9 Å². The molecule has 0 N–H and O–H groups in total. The number of rotatable bonds is 3. The van der Waals surface area contributed by atoms with E-state index in [4.69, 9.17) is 4.74 Å². The molecule has 0 atom stereocenters. The molecular formula is C19H19NO. The molecule has 0 heterocycles. The van der Waals surface area contributed by atoms with Gasteiger partial charge in [-0.15, -0.1) is 0 Å². The number of hydrogen-bond donors (Lipinski definition) is 0. The number of hydrogen-bond acceptors (Lipinski definition) is 2. The van der Waals surface area contributed by atoms with E-state index in [0.29, 0.717) is 5.76 Å². The maximum Gasteiger partial charge on any atom is 0.206 e. The average molecular weight is 277 g/mol. The fourth-order valence-corrected chi connectivity index (χ4v) is 2.07. The lowest BCUT2D eigenvalue weighted by atomic mass is 9.96. The minimum Gasteiger partial charge on any atom is -0.477 e. The van der Waals surface area contributed by atoms with Gasteiger partial charge in [0.1, 0.15) is 11.7 Å². The molecule has 0 aromatic heterocycles. The van der Waals surface area contributed by atoms with Crippen LogP contribution in [0, 0.1) is 11.3 Å². The van der Waals surface area contributed by atoms with Crippen LogP contribution in [0.25, 0.3) is 5.57 Å². The Morgan fingerprint density at radius 3 is 1.62 bits per heavy atom. The SMILES string of the molecule is CC(C)(C)OC(C#N)=C(c1ccccc1)c1ccccc1. The zero-order valence-corrected chi connectivity index (χ0v) is 12.6. The molecular weight excluding hydrogens is 258 g/mol. The smallest absolute Gasteiger partial charge is 0.206 e. The molecule has 0 amide bonds. The van der Waals surface area contributed by atoms with Gasteiger partial charge in [0.05, 0.1) is 0 Å². The maximum atomic E-state index is 9.55. The Hall–Kier alpha value is -2.53. The Kier molecular flexibility index (Phi) is 4.45. The molecule has 0 unspecified atom stereocenters. The van der Waals surface area contributed by atoms with Crippen molar-refractivity contribution in [3.05, 3.63) is 77.5 Å². The van der Waals surface area contributed by atoms with Crippen LogP contribution in [0.4, 0.5) is 0 Å². The van der Waals surface area contributed by atoms with Crippen LogP contribution < -0.4 is 0 Å². The van der Waals surface area contributed by atoms with Crippen molar-refractivity contribution in [2.75, 3.05) is 0 Å². The van der Waals surface area contributed by atoms with Crippen molar-refractivity contribution in [2.45, 2.75) is 26.4 Å². The first-order valence-electron chi connectivity index (χ1n) is 6.95. The highest BCUT2D eigenvalue weighted by Crippen LogP contribution is 2.29. The van der Waals surface area contributed by atoms with Gasteiger partial charge in [-0.25, -0.2) is 0 Å². The van der Waals surface area contributed by atoms with E-state index in [-0.39, 0.29) is 0 Å². The standard InChI is InChI=1S/C19H19NO/c1-19(2,3)21-17(14-20)18(15-10-6-4-7-11-15)16-12-8-5-9-13-16/h4-13H,1-3H3. The molecule has 0 spiro atoms. The Morgan fingerprint density at radius 2 is 1.29 bits per heavy atom. The summed E-state index contributed by atoms with van der Waals surface area (Å²) in [6.07, 6.45) is 0. The first-order chi connectivity index (χ1) is 10.0. The highest BCUT2D eigenvalue weighted by Gasteiger charge is 2.19. The summed E-state index contributed by atoms with van der Waals surface area (Å²) in [6, 6.07) is 22.0. The number of nitriles is 1. The summed E-state index contributed by atoms with van der Waals surface area (Å²) in [5.41, 5.74) is 2.36. The molecule has 0 saturated carbocycles. The van der Waals surface area contributed by atoms with E-state index in [1.54, 1.807) is 0 Å². The van der Waals surface area contributed by atoms with E-state index in [2.05, 4.69) is 6.07 Å². The van der Waals surface area contributed by atoms with Gasteiger partial charge in [-0.1, -0.05) is 60.7 Å². The number of ether oxygens (including phenoxy) is 1. The van der Waals surface area contributed by atoms with Gasteiger partial charge in [0.25, 0.3) is 0 Å². The summed E-state index contributed by atoms with van der Waals surface area (Å²) in [5, 5.41) is 9.55. The highest BCUT2D eigenvalue weighted by molar-refractivity contribution is 5.83. The van der Waals surface area contributed by atoms with Gasteiger partial charge in [0.15, 0.2) is 0 Å². The van der Waals surface area contributed by atoms with Gasteiger partial charge in [0, 0.05) is 5.57 Å². The topological polar surface area (TPSA) is 33.0 Å². The van der Waals surface area contributed by atoms with Crippen molar-refractivity contribution in [1.82, 2.24) is 0 Å². The molecule has 106 valence electrons. The summed E-state index contributed by atoms with van der Waals surface area (Å²) in [4.78, 5) is 0. The Morgan fingerprint density at radius 1 is 0.857 bits per heavy atom. The minimum absolute atomic E-state index is 0.347. The van der Waals surface area contributed by atoms with E-state index in [9.17, 15) is 5.26 Å². The quantitative estimate of drug-likeness (QED) is 0.597. The van der Waals surface area contributed by atoms with Crippen LogP contribution in [0.2, 0.25) is 0 Å². The van der Waals surface area contributed by atoms with Crippen molar-refractivity contribution in [2.24, 2.45) is 0 Å². The molecule has 0 aliphatic carbocycles. The largest absolute Gasteiger partial charge is 0.477 e. The van der Waals surface area contributed by atoms with Crippen molar-refractivity contribution < 1.29 is 4.74 Å². The van der Waals surface area contributed by atoms with Crippen molar-refractivity contribution >= 4 is 5.57 Å². The predicted molar refractivity (Wildman–Crippen MR) is 85.4 cm³/mol. The fraction of sp³-hybridized carbons (Fsp3) is 0.211. The van der Waals surface area contributed by atoms with E-state index in [1.165, 1.54) is 0 Å². The summed E-state index contributed by atoms with van der Waals surface area (Å²) in [6.45, 7) is 5.83. The van der Waals surface area contributed by atoms with Crippen molar-refractivity contribution in [3.63, 3.8) is 0 Å². The predicted octanol–water partition coefficient (Wildman–Crippen LogP) is 4.78. The van der Waals surface area contributed by atoms with E-state index in [0.717, 1.165) is 16.7 Å². The van der Waals surface area contributed by atoms with Crippen LogP contribution in [0.3, 0.4) is 0 Å². The molecule has 2 nitrogen and oxygen atoms in total. The first kappa shape index (κ1) is 14.9. The molecule has 2 rings (SSSR count). The fourth-order valence-electron chi connectivity index (χ4n) is 2.07. The lowest BCUT2D eigenvalue weighted by Gasteiger charge is -2.22. The van der Waals surface area contributed by atoms with Crippen LogP contribution in [-0.4, -0.2) is 5.60 Å². The van der Waals surface area contributed by atoms with Gasteiger partial charge in [-0.05, 0) is 31.9 Å². The molecule has 2 aromatic rings. The molecule has 2 aromatic carbocycles.